The molecule has 0 amide bonds. The number of halogens is 19. The van der Waals surface area contributed by atoms with Crippen molar-refractivity contribution in [3.63, 3.8) is 0 Å². The van der Waals surface area contributed by atoms with Crippen molar-refractivity contribution in [2.45, 2.75) is 95.3 Å². The molecule has 21 nitrogen and oxygen atoms in total. The van der Waals surface area contributed by atoms with Gasteiger partial charge in [0.15, 0.2) is 117 Å². The molecular weight excluding hydrogens is 2100 g/mol. The quantitative estimate of drug-likeness (QED) is 0.0243. The lowest BCUT2D eigenvalue weighted by molar-refractivity contribution is -0.138. The molecule has 47 heteroatoms. The van der Waals surface area contributed by atoms with Crippen LogP contribution in [0.1, 0.15) is 86.5 Å². The highest BCUT2D eigenvalue weighted by atomic mass is 35.5. The maximum atomic E-state index is 13.2. The minimum absolute atomic E-state index is 0.000610. The zero-order valence-corrected chi connectivity index (χ0v) is 81.9. The van der Waals surface area contributed by atoms with E-state index in [0.717, 1.165) is 85.7 Å². The van der Waals surface area contributed by atoms with E-state index in [4.69, 9.17) is 120 Å². The van der Waals surface area contributed by atoms with Crippen molar-refractivity contribution in [3.8, 4) is 40.2 Å². The average molecular weight is 2180 g/mol. The van der Waals surface area contributed by atoms with Gasteiger partial charge in [-0.05, 0) is 299 Å². The van der Waals surface area contributed by atoms with Crippen molar-refractivity contribution in [2.75, 3.05) is 65.0 Å². The molecule has 0 heterocycles. The lowest BCUT2D eigenvalue weighted by atomic mass is 9.89. The van der Waals surface area contributed by atoms with Crippen LogP contribution in [-0.2, 0) is 25.1 Å². The van der Waals surface area contributed by atoms with E-state index < -0.39 is 116 Å². The monoisotopic (exact) mass is 2180 g/mol. The van der Waals surface area contributed by atoms with Crippen LogP contribution in [0.3, 0.4) is 0 Å². The fourth-order valence-electron chi connectivity index (χ4n) is 12.7. The Labute approximate surface area is 861 Å². The number of anilines is 11. The SMILES string of the molecule is Oc1c(F)cccc1NC(=S)NC1CCCCC1.Oc1c(F)cccc1NC(=S)NCC1CCCCC1.Oc1c(F)cccc1NC(=S)NCc1ccc(C(F)(F)F)cc1.Oc1c(F)cccc1NC(=S)Nc1cc(Cl)cc(Cl)c1.Oc1c(F)cccc1NC(=S)Nc1ccc(C(F)(F)F)cc1.Oc1c(F)cccc1NC(=S)Nc1ccc(Cl)cc1.Oc1c(F)cccc1NC(=S)Nc1ccccc1C(F)(F)F. The zero-order valence-electron chi connectivity index (χ0n) is 73.9. The van der Waals surface area contributed by atoms with E-state index >= 15 is 0 Å². The van der Waals surface area contributed by atoms with Crippen LogP contribution in [0.25, 0.3) is 0 Å². The van der Waals surface area contributed by atoms with Gasteiger partial charge in [0.05, 0.1) is 62.2 Å². The van der Waals surface area contributed by atoms with Crippen LogP contribution in [0.4, 0.5) is 133 Å². The number of nitrogens with one attached hydrogen (secondary N) is 14. The van der Waals surface area contributed by atoms with Crippen LogP contribution < -0.4 is 74.4 Å². The molecule has 758 valence electrons. The Morgan fingerprint density at radius 1 is 0.273 bits per heavy atom. The van der Waals surface area contributed by atoms with Crippen molar-refractivity contribution in [2.24, 2.45) is 5.92 Å². The van der Waals surface area contributed by atoms with E-state index in [0.29, 0.717) is 65.6 Å². The molecule has 2 fully saturated rings. The maximum absolute atomic E-state index is 13.2. The zero-order chi connectivity index (χ0) is 105. The molecule has 143 heavy (non-hydrogen) atoms. The van der Waals surface area contributed by atoms with E-state index in [1.165, 1.54) is 179 Å². The van der Waals surface area contributed by atoms with Crippen LogP contribution in [0, 0.1) is 46.6 Å². The van der Waals surface area contributed by atoms with Crippen molar-refractivity contribution >= 4 is 219 Å². The Hall–Kier alpha value is -13.2. The van der Waals surface area contributed by atoms with E-state index in [1.807, 2.05) is 0 Å². The lowest BCUT2D eigenvalue weighted by Gasteiger charge is -2.24. The number of phenols is 7. The Bertz CT molecular complexity index is 6340. The van der Waals surface area contributed by atoms with Crippen molar-refractivity contribution in [1.82, 2.24) is 16.0 Å². The first-order valence-corrected chi connectivity index (χ1v) is 46.2. The highest BCUT2D eigenvalue weighted by Crippen LogP contribution is 2.39. The highest BCUT2D eigenvalue weighted by molar-refractivity contribution is 7.82. The van der Waals surface area contributed by atoms with Gasteiger partial charge in [0.1, 0.15) is 0 Å². The summed E-state index contributed by atoms with van der Waals surface area (Å²) >= 11 is 52.8. The fraction of sp³-hybridized carbons (Fsp3) is 0.177. The van der Waals surface area contributed by atoms with E-state index in [9.17, 15) is 106 Å². The molecule has 0 saturated heterocycles. The molecule has 0 radical (unpaired) electrons. The summed E-state index contributed by atoms with van der Waals surface area (Å²) in [6.07, 6.45) is -1.02. The molecule has 0 bridgehead atoms. The van der Waals surface area contributed by atoms with Gasteiger partial charge in [-0.2, -0.15) is 39.5 Å². The largest absolute Gasteiger partial charge is 0.503 e. The molecule has 0 unspecified atom stereocenters. The standard InChI is InChI=1S/C15H12F4N2OS.2C14H10F4N2OS.C14H19FN2OS.C13H9Cl2FN2OS.C13H10ClFN2OS.C13H17FN2OS/c16-11-2-1-3-12(13(11)22)21-14(23)20-8-9-4-6-10(7-5-9)15(17,18)19;15-9-5-3-7-11(12(9)21)20-13(22)19-10-6-2-1-4-8(10)14(16,17)18;15-10-2-1-3-11(12(10)21)20-13(22)19-9-6-4-8(5-7-9)14(16,17)18;15-11-7-4-8-12(13(11)18)17-14(19)16-9-10-5-2-1-3-6-10;14-7-4-8(15)6-9(5-7)17-13(20)18-11-3-1-2-10(16)12(11)19;14-8-4-6-9(7-5-8)16-13(19)17-11-3-1-2-10(15)12(11)18;14-10-7-4-8-11(12(10)17)16-13(18)15-9-5-2-1-3-6-9/h1-7,22H,8H2,(H2,20,21,23);2*1-7,21H,(H2,19,20,22);4,7-8,10,18H,1-3,5-6,9H2,(H2,16,17,19);1-6,19H,(H2,17,18,20);1-7,18H,(H2,16,17,19);4,7-9,17H,1-3,5-6H2,(H2,15,16,18). The Balaban J connectivity index is 0.000000204. The van der Waals surface area contributed by atoms with Crippen LogP contribution in [0.2, 0.25) is 15.1 Å². The van der Waals surface area contributed by atoms with Gasteiger partial charge in [-0.25, -0.2) is 30.7 Å². The number of rotatable bonds is 16. The van der Waals surface area contributed by atoms with Gasteiger partial charge in [-0.1, -0.05) is 140 Å². The summed E-state index contributed by atoms with van der Waals surface area (Å²) in [7, 11) is 0. The van der Waals surface area contributed by atoms with Crippen LogP contribution >= 0.6 is 120 Å². The van der Waals surface area contributed by atoms with Gasteiger partial charge in [-0.3, -0.25) is 0 Å². The van der Waals surface area contributed by atoms with Gasteiger partial charge in [0.25, 0.3) is 0 Å². The normalized spacial score (nSPS) is 12.1. The first-order valence-electron chi connectivity index (χ1n) is 42.2. The molecule has 2 saturated carbocycles. The molecule has 0 aliphatic heterocycles. The lowest BCUT2D eigenvalue weighted by Crippen LogP contribution is -2.38. The summed E-state index contributed by atoms with van der Waals surface area (Å²) < 4.78 is 205. The summed E-state index contributed by atoms with van der Waals surface area (Å²) in [5.41, 5.74) is 0.617. The molecule has 14 rings (SSSR count). The minimum Gasteiger partial charge on any atom is -0.503 e. The van der Waals surface area contributed by atoms with Crippen molar-refractivity contribution in [3.05, 3.63) is 321 Å². The third-order valence-corrected chi connectivity index (χ3v) is 22.0. The number of aromatic hydroxyl groups is 7. The first kappa shape index (κ1) is 115. The number of alkyl halides is 9. The number of para-hydroxylation sites is 8. The second kappa shape index (κ2) is 56.0. The molecule has 0 atom stereocenters. The predicted molar refractivity (Wildman–Crippen MR) is 558 cm³/mol. The van der Waals surface area contributed by atoms with Crippen molar-refractivity contribution < 1.29 is 106 Å². The summed E-state index contributed by atoms with van der Waals surface area (Å²) in [5, 5.41) is 108. The van der Waals surface area contributed by atoms with E-state index in [2.05, 4.69) is 74.4 Å². The summed E-state index contributed by atoms with van der Waals surface area (Å²) in [6, 6.07) is 54.2. The number of phenolic OH excluding ortho intramolecular Hbond substituents is 7. The van der Waals surface area contributed by atoms with Crippen LogP contribution in [0.5, 0.6) is 40.2 Å². The topological polar surface area (TPSA) is 310 Å². The van der Waals surface area contributed by atoms with Gasteiger partial charge in [-0.15, -0.1) is 0 Å². The van der Waals surface area contributed by atoms with E-state index in [-0.39, 0.29) is 66.2 Å². The minimum atomic E-state index is -4.54. The number of thiocarbonyl (C=S) groups is 7. The average Bonchev–Trinajstić information content (AvgIpc) is 0.819. The molecule has 21 N–H and O–H groups in total. The van der Waals surface area contributed by atoms with Crippen LogP contribution in [-0.4, -0.2) is 84.1 Å². The molecule has 2 aliphatic carbocycles. The Kier molecular flexibility index (Phi) is 45.1. The van der Waals surface area contributed by atoms with Gasteiger partial charge in [0, 0.05) is 51.3 Å². The molecule has 0 aromatic heterocycles. The molecule has 12 aromatic rings. The van der Waals surface area contributed by atoms with E-state index in [1.54, 1.807) is 54.6 Å². The predicted octanol–water partition coefficient (Wildman–Crippen LogP) is 27.9. The third-order valence-electron chi connectivity index (χ3n) is 19.8. The molecule has 2 aliphatic rings. The van der Waals surface area contributed by atoms with Crippen molar-refractivity contribution in [1.29, 1.82) is 0 Å². The smallest absolute Gasteiger partial charge is 0.418 e. The number of benzene rings is 12. The molecule has 0 spiro atoms. The number of hydrogen-bond donors (Lipinski definition) is 21. The molecular formula is C96H87Cl3F16N14O7S7. The first-order chi connectivity index (χ1) is 67.7. The second-order valence-electron chi connectivity index (χ2n) is 30.3. The summed E-state index contributed by atoms with van der Waals surface area (Å²) in [4.78, 5) is 0. The van der Waals surface area contributed by atoms with Gasteiger partial charge in [0.2, 0.25) is 0 Å². The summed E-state index contributed by atoms with van der Waals surface area (Å²) in [5.74, 6) is -8.16. The van der Waals surface area contributed by atoms with Gasteiger partial charge >= 0.3 is 18.5 Å². The Morgan fingerprint density at radius 2 is 0.552 bits per heavy atom. The maximum Gasteiger partial charge on any atom is 0.418 e. The number of hydrogen-bond acceptors (Lipinski definition) is 14. The second-order valence-corrected chi connectivity index (χ2v) is 34.5. The fourth-order valence-corrected chi connectivity index (χ4v) is 14.9. The van der Waals surface area contributed by atoms with Gasteiger partial charge < -0.3 is 110 Å². The van der Waals surface area contributed by atoms with Crippen LogP contribution in [0.15, 0.2) is 243 Å². The summed E-state index contributed by atoms with van der Waals surface area (Å²) in [6.45, 7) is 1.02. The Morgan fingerprint density at radius 3 is 0.895 bits per heavy atom. The highest BCUT2D eigenvalue weighted by Gasteiger charge is 2.34. The third kappa shape index (κ3) is 39.2. The molecule has 12 aromatic carbocycles.